The summed E-state index contributed by atoms with van der Waals surface area (Å²) in [6.45, 7) is 2.07. The number of anilines is 2. The molecule has 1 fully saturated rings. The SMILES string of the molecule is O=C(Nc1ccccc1)Nc1cnc(C2CCCNC2)s1. The average Bonchev–Trinajstić information content (AvgIpc) is 2.97. The zero-order chi connectivity index (χ0) is 14.5. The second-order valence-corrected chi connectivity index (χ2v) is 6.11. The molecule has 0 saturated carbocycles. The Balaban J connectivity index is 1.57. The molecule has 1 aliphatic rings. The number of nitrogens with one attached hydrogen (secondary N) is 3. The van der Waals surface area contributed by atoms with E-state index in [1.54, 1.807) is 17.5 Å². The lowest BCUT2D eigenvalue weighted by molar-refractivity contribution is 0.262. The van der Waals surface area contributed by atoms with Crippen LogP contribution in [0, 0.1) is 0 Å². The quantitative estimate of drug-likeness (QED) is 0.815. The van der Waals surface area contributed by atoms with Crippen molar-refractivity contribution in [3.05, 3.63) is 41.5 Å². The number of carbonyl (C=O) groups is 1. The van der Waals surface area contributed by atoms with Crippen LogP contribution in [0.1, 0.15) is 23.8 Å². The minimum atomic E-state index is -0.238. The lowest BCUT2D eigenvalue weighted by Gasteiger charge is -2.20. The van der Waals surface area contributed by atoms with Gasteiger partial charge in [0.25, 0.3) is 0 Å². The summed E-state index contributed by atoms with van der Waals surface area (Å²) < 4.78 is 0. The van der Waals surface area contributed by atoms with E-state index in [9.17, 15) is 4.79 Å². The van der Waals surface area contributed by atoms with E-state index >= 15 is 0 Å². The first kappa shape index (κ1) is 14.0. The maximum atomic E-state index is 11.9. The molecule has 1 unspecified atom stereocenters. The Hall–Kier alpha value is -1.92. The summed E-state index contributed by atoms with van der Waals surface area (Å²) in [5.74, 6) is 0.469. The molecule has 1 saturated heterocycles. The van der Waals surface area contributed by atoms with Gasteiger partial charge in [0.15, 0.2) is 0 Å². The number of carbonyl (C=O) groups excluding carboxylic acids is 1. The molecule has 6 heteroatoms. The van der Waals surface area contributed by atoms with E-state index in [-0.39, 0.29) is 6.03 Å². The van der Waals surface area contributed by atoms with Crippen LogP contribution in [0.4, 0.5) is 15.5 Å². The number of hydrogen-bond donors (Lipinski definition) is 3. The topological polar surface area (TPSA) is 66.0 Å². The van der Waals surface area contributed by atoms with Gasteiger partial charge in [-0.2, -0.15) is 0 Å². The number of amides is 2. The Morgan fingerprint density at radius 1 is 1.29 bits per heavy atom. The molecule has 110 valence electrons. The number of thiazole rings is 1. The van der Waals surface area contributed by atoms with Gasteiger partial charge in [-0.15, -0.1) is 11.3 Å². The first-order valence-electron chi connectivity index (χ1n) is 7.11. The number of nitrogens with zero attached hydrogens (tertiary/aromatic N) is 1. The van der Waals surface area contributed by atoms with Gasteiger partial charge in [0.05, 0.1) is 11.2 Å². The maximum absolute atomic E-state index is 11.9. The van der Waals surface area contributed by atoms with Crippen LogP contribution in [-0.4, -0.2) is 24.1 Å². The van der Waals surface area contributed by atoms with Gasteiger partial charge in [0.1, 0.15) is 5.00 Å². The van der Waals surface area contributed by atoms with Crippen molar-refractivity contribution in [1.29, 1.82) is 0 Å². The molecule has 3 N–H and O–H groups in total. The monoisotopic (exact) mass is 302 g/mol. The molecule has 2 heterocycles. The summed E-state index contributed by atoms with van der Waals surface area (Å²) in [4.78, 5) is 16.3. The number of piperidine rings is 1. The van der Waals surface area contributed by atoms with Gasteiger partial charge in [-0.25, -0.2) is 9.78 Å². The van der Waals surface area contributed by atoms with E-state index in [0.717, 1.165) is 35.2 Å². The Kier molecular flexibility index (Phi) is 4.47. The van der Waals surface area contributed by atoms with Gasteiger partial charge in [-0.1, -0.05) is 18.2 Å². The maximum Gasteiger partial charge on any atom is 0.324 e. The second kappa shape index (κ2) is 6.69. The highest BCUT2D eigenvalue weighted by Crippen LogP contribution is 2.29. The molecule has 1 aliphatic heterocycles. The first-order chi connectivity index (χ1) is 10.3. The van der Waals surface area contributed by atoms with E-state index < -0.39 is 0 Å². The third kappa shape index (κ3) is 3.80. The van der Waals surface area contributed by atoms with Crippen molar-refractivity contribution in [2.75, 3.05) is 23.7 Å². The summed E-state index contributed by atoms with van der Waals surface area (Å²) in [6.07, 6.45) is 4.08. The highest BCUT2D eigenvalue weighted by molar-refractivity contribution is 7.15. The van der Waals surface area contributed by atoms with Gasteiger partial charge in [-0.3, -0.25) is 5.32 Å². The second-order valence-electron chi connectivity index (χ2n) is 5.05. The smallest absolute Gasteiger partial charge is 0.316 e. The van der Waals surface area contributed by atoms with Crippen molar-refractivity contribution in [3.8, 4) is 0 Å². The summed E-state index contributed by atoms with van der Waals surface area (Å²) in [5, 5.41) is 10.9. The highest BCUT2D eigenvalue weighted by atomic mass is 32.1. The fraction of sp³-hybridized carbons (Fsp3) is 0.333. The molecule has 0 spiro atoms. The van der Waals surface area contributed by atoms with Crippen molar-refractivity contribution < 1.29 is 4.79 Å². The Bertz CT molecular complexity index is 593. The van der Waals surface area contributed by atoms with Gasteiger partial charge >= 0.3 is 6.03 Å². The molecule has 2 amide bonds. The number of para-hydroxylation sites is 1. The average molecular weight is 302 g/mol. The van der Waals surface area contributed by atoms with Crippen LogP contribution < -0.4 is 16.0 Å². The third-order valence-electron chi connectivity index (χ3n) is 3.44. The highest BCUT2D eigenvalue weighted by Gasteiger charge is 2.18. The van der Waals surface area contributed by atoms with Gasteiger partial charge in [0.2, 0.25) is 0 Å². The minimum Gasteiger partial charge on any atom is -0.316 e. The number of rotatable bonds is 3. The normalized spacial score (nSPS) is 18.2. The molecule has 0 radical (unpaired) electrons. The number of benzene rings is 1. The van der Waals surface area contributed by atoms with Gasteiger partial charge in [0, 0.05) is 18.2 Å². The van der Waals surface area contributed by atoms with Crippen LogP contribution in [0.3, 0.4) is 0 Å². The summed E-state index contributed by atoms with van der Waals surface area (Å²) in [6, 6.07) is 9.15. The molecule has 5 nitrogen and oxygen atoms in total. The zero-order valence-corrected chi connectivity index (χ0v) is 12.5. The Labute approximate surface area is 127 Å². The van der Waals surface area contributed by atoms with Crippen molar-refractivity contribution in [2.24, 2.45) is 0 Å². The fourth-order valence-electron chi connectivity index (χ4n) is 2.39. The van der Waals surface area contributed by atoms with Crippen LogP contribution in [0.25, 0.3) is 0 Å². The van der Waals surface area contributed by atoms with Crippen LogP contribution in [-0.2, 0) is 0 Å². The zero-order valence-electron chi connectivity index (χ0n) is 11.6. The minimum absolute atomic E-state index is 0.238. The summed E-state index contributed by atoms with van der Waals surface area (Å²) >= 11 is 1.56. The molecule has 3 rings (SSSR count). The van der Waals surface area contributed by atoms with E-state index in [1.165, 1.54) is 6.42 Å². The number of aromatic nitrogens is 1. The van der Waals surface area contributed by atoms with Crippen LogP contribution in [0.5, 0.6) is 0 Å². The lowest BCUT2D eigenvalue weighted by atomic mass is 10.0. The van der Waals surface area contributed by atoms with Crippen LogP contribution in [0.2, 0.25) is 0 Å². The molecule has 0 aliphatic carbocycles. The Morgan fingerprint density at radius 2 is 2.14 bits per heavy atom. The van der Waals surface area contributed by atoms with Crippen molar-refractivity contribution >= 4 is 28.1 Å². The summed E-state index contributed by atoms with van der Waals surface area (Å²) in [7, 11) is 0. The molecular formula is C15H18N4OS. The predicted molar refractivity (Wildman–Crippen MR) is 86.0 cm³/mol. The molecule has 1 aromatic carbocycles. The third-order valence-corrected chi connectivity index (χ3v) is 4.51. The van der Waals surface area contributed by atoms with Crippen LogP contribution in [0.15, 0.2) is 36.5 Å². The number of urea groups is 1. The van der Waals surface area contributed by atoms with Crippen molar-refractivity contribution in [3.63, 3.8) is 0 Å². The molecule has 0 bridgehead atoms. The molecule has 2 aromatic rings. The molecule has 1 atom stereocenters. The lowest BCUT2D eigenvalue weighted by Crippen LogP contribution is -2.28. The summed E-state index contributed by atoms with van der Waals surface area (Å²) in [5.41, 5.74) is 0.774. The predicted octanol–water partition coefficient (Wildman–Crippen LogP) is 3.25. The van der Waals surface area contributed by atoms with Crippen molar-refractivity contribution in [1.82, 2.24) is 10.3 Å². The van der Waals surface area contributed by atoms with E-state index in [2.05, 4.69) is 20.9 Å². The fourth-order valence-corrected chi connectivity index (χ4v) is 3.34. The molecular weight excluding hydrogens is 284 g/mol. The van der Waals surface area contributed by atoms with E-state index in [0.29, 0.717) is 5.92 Å². The van der Waals surface area contributed by atoms with Crippen molar-refractivity contribution in [2.45, 2.75) is 18.8 Å². The van der Waals surface area contributed by atoms with Crippen LogP contribution >= 0.6 is 11.3 Å². The largest absolute Gasteiger partial charge is 0.324 e. The van der Waals surface area contributed by atoms with E-state index in [4.69, 9.17) is 0 Å². The van der Waals surface area contributed by atoms with Gasteiger partial charge in [-0.05, 0) is 31.5 Å². The van der Waals surface area contributed by atoms with E-state index in [1.807, 2.05) is 30.3 Å². The van der Waals surface area contributed by atoms with Gasteiger partial charge < -0.3 is 10.6 Å². The molecule has 21 heavy (non-hydrogen) atoms. The number of hydrogen-bond acceptors (Lipinski definition) is 4. The Morgan fingerprint density at radius 3 is 2.90 bits per heavy atom. The first-order valence-corrected chi connectivity index (χ1v) is 7.92. The molecule has 1 aromatic heterocycles. The standard InChI is InChI=1S/C15H18N4OS/c20-15(18-12-6-2-1-3-7-12)19-13-10-17-14(21-13)11-5-4-8-16-9-11/h1-3,6-7,10-11,16H,4-5,8-9H2,(H2,18,19,20).